The summed E-state index contributed by atoms with van der Waals surface area (Å²) in [4.78, 5) is 2.50. The van der Waals surface area contributed by atoms with Crippen LogP contribution in [0.2, 0.25) is 0 Å². The van der Waals surface area contributed by atoms with E-state index in [1.165, 1.54) is 17.7 Å². The van der Waals surface area contributed by atoms with Crippen molar-refractivity contribution in [3.05, 3.63) is 21.9 Å². The van der Waals surface area contributed by atoms with E-state index in [4.69, 9.17) is 0 Å². The van der Waals surface area contributed by atoms with Crippen LogP contribution in [0.3, 0.4) is 0 Å². The first-order valence-corrected chi connectivity index (χ1v) is 6.75. The normalized spacial score (nSPS) is 15.2. The Balaban J connectivity index is 2.49. The number of aliphatic hydroxyl groups is 1. The van der Waals surface area contributed by atoms with Crippen molar-refractivity contribution in [3.63, 3.8) is 0 Å². The minimum absolute atomic E-state index is 0.253. The average Bonchev–Trinajstić information content (AvgIpc) is 2.66. The molecule has 1 aromatic rings. The van der Waals surface area contributed by atoms with E-state index in [9.17, 15) is 5.11 Å². The lowest BCUT2D eigenvalue weighted by Crippen LogP contribution is -2.02. The van der Waals surface area contributed by atoms with E-state index >= 15 is 0 Å². The van der Waals surface area contributed by atoms with E-state index in [0.717, 1.165) is 17.7 Å². The fraction of sp³-hybridized carbons (Fsp3) is 0.692. The summed E-state index contributed by atoms with van der Waals surface area (Å²) in [7, 11) is 0. The zero-order valence-electron chi connectivity index (χ0n) is 9.99. The van der Waals surface area contributed by atoms with E-state index in [2.05, 4.69) is 32.9 Å². The van der Waals surface area contributed by atoms with Gasteiger partial charge < -0.3 is 5.11 Å². The molecule has 1 aromatic heterocycles. The van der Waals surface area contributed by atoms with Gasteiger partial charge in [-0.25, -0.2) is 0 Å². The lowest BCUT2D eigenvalue weighted by molar-refractivity contribution is 0.148. The van der Waals surface area contributed by atoms with Gasteiger partial charge in [-0.2, -0.15) is 0 Å². The van der Waals surface area contributed by atoms with Crippen molar-refractivity contribution >= 4 is 11.3 Å². The van der Waals surface area contributed by atoms with Crippen LogP contribution in [0.15, 0.2) is 12.1 Å². The van der Waals surface area contributed by atoms with Gasteiger partial charge in [0, 0.05) is 9.75 Å². The molecule has 0 saturated carbocycles. The van der Waals surface area contributed by atoms with Gasteiger partial charge in [-0.1, -0.05) is 33.6 Å². The van der Waals surface area contributed by atoms with Gasteiger partial charge >= 0.3 is 0 Å². The number of aryl methyl sites for hydroxylation is 1. The molecule has 86 valence electrons. The summed E-state index contributed by atoms with van der Waals surface area (Å²) in [6.45, 7) is 6.58. The molecule has 15 heavy (non-hydrogen) atoms. The van der Waals surface area contributed by atoms with Gasteiger partial charge in [-0.05, 0) is 30.9 Å². The summed E-state index contributed by atoms with van der Waals surface area (Å²) in [6.07, 6.45) is 4.14. The quantitative estimate of drug-likeness (QED) is 0.772. The molecule has 1 heterocycles. The molecule has 0 aliphatic carbocycles. The first kappa shape index (κ1) is 12.7. The standard InChI is InChI=1S/C13H22OS/c1-4-6-10(3)9-12(14)13-8-7-11(5-2)15-13/h7-8,10,12,14H,4-6,9H2,1-3H3. The highest BCUT2D eigenvalue weighted by Gasteiger charge is 2.13. The van der Waals surface area contributed by atoms with Gasteiger partial charge in [0.2, 0.25) is 0 Å². The Morgan fingerprint density at radius 1 is 1.33 bits per heavy atom. The van der Waals surface area contributed by atoms with Crippen molar-refractivity contribution in [2.75, 3.05) is 0 Å². The topological polar surface area (TPSA) is 20.2 Å². The molecule has 0 aromatic carbocycles. The summed E-state index contributed by atoms with van der Waals surface area (Å²) in [6, 6.07) is 4.21. The molecular formula is C13H22OS. The van der Waals surface area contributed by atoms with Gasteiger partial charge in [0.25, 0.3) is 0 Å². The highest BCUT2D eigenvalue weighted by Crippen LogP contribution is 2.29. The molecule has 1 nitrogen and oxygen atoms in total. The highest BCUT2D eigenvalue weighted by atomic mass is 32.1. The lowest BCUT2D eigenvalue weighted by Gasteiger charge is -2.14. The first-order chi connectivity index (χ1) is 7.17. The second kappa shape index (κ2) is 6.29. The Hall–Kier alpha value is -0.340. The Morgan fingerprint density at radius 2 is 2.07 bits per heavy atom. The maximum absolute atomic E-state index is 10.0. The Bertz CT molecular complexity index is 280. The number of hydrogen-bond acceptors (Lipinski definition) is 2. The third-order valence-corrected chi connectivity index (χ3v) is 4.10. The second-order valence-electron chi connectivity index (χ2n) is 4.30. The van der Waals surface area contributed by atoms with E-state index in [0.29, 0.717) is 5.92 Å². The summed E-state index contributed by atoms with van der Waals surface area (Å²) >= 11 is 1.75. The molecule has 0 radical (unpaired) electrons. The molecule has 0 saturated heterocycles. The van der Waals surface area contributed by atoms with Crippen LogP contribution in [-0.4, -0.2) is 5.11 Å². The maximum Gasteiger partial charge on any atom is 0.0884 e. The summed E-state index contributed by atoms with van der Waals surface area (Å²) in [5, 5.41) is 10.0. The molecule has 2 heteroatoms. The largest absolute Gasteiger partial charge is 0.388 e. The number of rotatable bonds is 6. The first-order valence-electron chi connectivity index (χ1n) is 5.94. The van der Waals surface area contributed by atoms with Crippen LogP contribution >= 0.6 is 11.3 Å². The molecule has 0 spiro atoms. The van der Waals surface area contributed by atoms with Crippen LogP contribution in [0.1, 0.15) is 55.9 Å². The Labute approximate surface area is 97.2 Å². The zero-order chi connectivity index (χ0) is 11.3. The summed E-state index contributed by atoms with van der Waals surface area (Å²) < 4.78 is 0. The average molecular weight is 226 g/mol. The van der Waals surface area contributed by atoms with Gasteiger partial charge in [-0.3, -0.25) is 0 Å². The Kier molecular flexibility index (Phi) is 5.34. The fourth-order valence-electron chi connectivity index (χ4n) is 1.87. The van der Waals surface area contributed by atoms with E-state index in [1.807, 2.05) is 0 Å². The SMILES string of the molecule is CCCC(C)CC(O)c1ccc(CC)s1. The van der Waals surface area contributed by atoms with E-state index < -0.39 is 0 Å². The van der Waals surface area contributed by atoms with Crippen molar-refractivity contribution in [2.45, 2.75) is 52.6 Å². The summed E-state index contributed by atoms with van der Waals surface area (Å²) in [5.41, 5.74) is 0. The van der Waals surface area contributed by atoms with E-state index in [1.54, 1.807) is 11.3 Å². The monoisotopic (exact) mass is 226 g/mol. The summed E-state index contributed by atoms with van der Waals surface area (Å²) in [5.74, 6) is 0.622. The van der Waals surface area contributed by atoms with Crippen molar-refractivity contribution in [1.29, 1.82) is 0 Å². The molecule has 0 bridgehead atoms. The number of aliphatic hydroxyl groups excluding tert-OH is 1. The molecule has 2 unspecified atom stereocenters. The minimum Gasteiger partial charge on any atom is -0.388 e. The van der Waals surface area contributed by atoms with Crippen LogP contribution in [0.4, 0.5) is 0 Å². The molecule has 0 fully saturated rings. The third kappa shape index (κ3) is 3.96. The molecule has 1 rings (SSSR count). The van der Waals surface area contributed by atoms with Gasteiger partial charge in [0.1, 0.15) is 0 Å². The van der Waals surface area contributed by atoms with Gasteiger partial charge in [-0.15, -0.1) is 11.3 Å². The molecule has 2 atom stereocenters. The maximum atomic E-state index is 10.0. The number of thiophene rings is 1. The molecule has 0 amide bonds. The van der Waals surface area contributed by atoms with Crippen LogP contribution in [0, 0.1) is 5.92 Å². The van der Waals surface area contributed by atoms with Crippen molar-refractivity contribution in [1.82, 2.24) is 0 Å². The van der Waals surface area contributed by atoms with Crippen LogP contribution in [0.5, 0.6) is 0 Å². The molecule has 0 aliphatic heterocycles. The van der Waals surface area contributed by atoms with Crippen molar-refractivity contribution in [3.8, 4) is 0 Å². The van der Waals surface area contributed by atoms with Gasteiger partial charge in [0.05, 0.1) is 6.10 Å². The third-order valence-electron chi connectivity index (χ3n) is 2.77. The highest BCUT2D eigenvalue weighted by molar-refractivity contribution is 7.12. The van der Waals surface area contributed by atoms with Crippen molar-refractivity contribution < 1.29 is 5.11 Å². The molecular weight excluding hydrogens is 204 g/mol. The molecule has 1 N–H and O–H groups in total. The van der Waals surface area contributed by atoms with Crippen LogP contribution in [0.25, 0.3) is 0 Å². The predicted molar refractivity (Wildman–Crippen MR) is 67.3 cm³/mol. The number of hydrogen-bond donors (Lipinski definition) is 1. The van der Waals surface area contributed by atoms with Crippen LogP contribution in [-0.2, 0) is 6.42 Å². The van der Waals surface area contributed by atoms with Crippen molar-refractivity contribution in [2.24, 2.45) is 5.92 Å². The molecule has 0 aliphatic rings. The van der Waals surface area contributed by atoms with Crippen LogP contribution < -0.4 is 0 Å². The lowest BCUT2D eigenvalue weighted by atomic mass is 9.98. The zero-order valence-corrected chi connectivity index (χ0v) is 10.8. The minimum atomic E-state index is -0.253. The smallest absolute Gasteiger partial charge is 0.0884 e. The second-order valence-corrected chi connectivity index (χ2v) is 5.50. The predicted octanol–water partition coefficient (Wildman–Crippen LogP) is 4.17. The van der Waals surface area contributed by atoms with Gasteiger partial charge in [0.15, 0.2) is 0 Å². The van der Waals surface area contributed by atoms with E-state index in [-0.39, 0.29) is 6.10 Å². The Morgan fingerprint density at radius 3 is 2.60 bits per heavy atom. The fourth-order valence-corrected chi connectivity index (χ4v) is 2.82.